The summed E-state index contributed by atoms with van der Waals surface area (Å²) in [5.74, 6) is 1.28. The van der Waals surface area contributed by atoms with Crippen molar-refractivity contribution in [1.29, 1.82) is 0 Å². The van der Waals surface area contributed by atoms with Gasteiger partial charge < -0.3 is 5.32 Å². The van der Waals surface area contributed by atoms with Crippen LogP contribution in [0.5, 0.6) is 0 Å². The smallest absolute Gasteiger partial charge is 0.152 e. The lowest BCUT2D eigenvalue weighted by Crippen LogP contribution is -2.05. The van der Waals surface area contributed by atoms with Crippen LogP contribution in [0, 0.1) is 0 Å². The fraction of sp³-hybridized carbons (Fsp3) is 0.385. The molecule has 90 valence electrons. The van der Waals surface area contributed by atoms with Gasteiger partial charge in [0.2, 0.25) is 0 Å². The van der Waals surface area contributed by atoms with Crippen molar-refractivity contribution in [2.24, 2.45) is 0 Å². The molecule has 1 N–H and O–H groups in total. The maximum absolute atomic E-state index is 4.51. The Balaban J connectivity index is 2.38. The molecule has 2 heterocycles. The van der Waals surface area contributed by atoms with E-state index in [2.05, 4.69) is 41.9 Å². The van der Waals surface area contributed by atoms with Gasteiger partial charge in [-0.2, -0.15) is 5.10 Å². The van der Waals surface area contributed by atoms with Crippen molar-refractivity contribution in [3.63, 3.8) is 0 Å². The highest BCUT2D eigenvalue weighted by Gasteiger charge is 2.09. The highest BCUT2D eigenvalue weighted by Crippen LogP contribution is 2.19. The average molecular weight is 230 g/mol. The molecule has 4 heteroatoms. The third-order valence-corrected chi connectivity index (χ3v) is 2.56. The van der Waals surface area contributed by atoms with Crippen molar-refractivity contribution in [3.05, 3.63) is 36.3 Å². The fourth-order valence-electron chi connectivity index (χ4n) is 1.59. The molecule has 0 aliphatic carbocycles. The van der Waals surface area contributed by atoms with Crippen LogP contribution >= 0.6 is 0 Å². The Morgan fingerprint density at radius 2 is 2.29 bits per heavy atom. The fourth-order valence-corrected chi connectivity index (χ4v) is 1.59. The van der Waals surface area contributed by atoms with Crippen LogP contribution in [0.1, 0.15) is 32.4 Å². The molecule has 0 fully saturated rings. The van der Waals surface area contributed by atoms with Gasteiger partial charge in [0.25, 0.3) is 0 Å². The number of hydrogen-bond acceptors (Lipinski definition) is 3. The molecule has 0 aliphatic rings. The molecule has 0 aromatic carbocycles. The molecule has 0 saturated heterocycles. The van der Waals surface area contributed by atoms with Crippen LogP contribution in [-0.4, -0.2) is 21.1 Å². The SMILES string of the molecule is C=C(C)CNc1nccn2nc(C(C)C)cc12. The standard InChI is InChI=1S/C13H18N4/c1-9(2)8-15-13-12-7-11(10(3)4)16-17(12)6-5-14-13/h5-7,10H,1,8H2,2-4H3,(H,14,15). The Morgan fingerprint density at radius 3 is 2.94 bits per heavy atom. The van der Waals surface area contributed by atoms with Crippen molar-refractivity contribution in [3.8, 4) is 0 Å². The molecule has 0 radical (unpaired) electrons. The van der Waals surface area contributed by atoms with Gasteiger partial charge in [0.05, 0.1) is 5.69 Å². The molecule has 0 saturated carbocycles. The monoisotopic (exact) mass is 230 g/mol. The first-order chi connectivity index (χ1) is 8.08. The summed E-state index contributed by atoms with van der Waals surface area (Å²) in [6.45, 7) is 10.9. The second-order valence-corrected chi connectivity index (χ2v) is 4.64. The predicted molar refractivity (Wildman–Crippen MR) is 70.4 cm³/mol. The minimum absolute atomic E-state index is 0.420. The van der Waals surface area contributed by atoms with E-state index in [1.807, 2.05) is 17.6 Å². The van der Waals surface area contributed by atoms with Gasteiger partial charge in [-0.15, -0.1) is 0 Å². The van der Waals surface area contributed by atoms with Crippen LogP contribution < -0.4 is 5.32 Å². The van der Waals surface area contributed by atoms with Crippen LogP contribution in [0.3, 0.4) is 0 Å². The summed E-state index contributed by atoms with van der Waals surface area (Å²) in [7, 11) is 0. The third kappa shape index (κ3) is 2.46. The predicted octanol–water partition coefficient (Wildman–Crippen LogP) is 2.84. The topological polar surface area (TPSA) is 42.2 Å². The molecule has 0 amide bonds. The van der Waals surface area contributed by atoms with E-state index < -0.39 is 0 Å². The van der Waals surface area contributed by atoms with Crippen molar-refractivity contribution >= 4 is 11.3 Å². The van der Waals surface area contributed by atoms with E-state index in [4.69, 9.17) is 0 Å². The molecule has 0 aliphatic heterocycles. The summed E-state index contributed by atoms with van der Waals surface area (Å²) in [4.78, 5) is 4.34. The summed E-state index contributed by atoms with van der Waals surface area (Å²) in [6.07, 6.45) is 3.62. The van der Waals surface area contributed by atoms with E-state index >= 15 is 0 Å². The van der Waals surface area contributed by atoms with Gasteiger partial charge in [0, 0.05) is 18.9 Å². The van der Waals surface area contributed by atoms with Gasteiger partial charge >= 0.3 is 0 Å². The largest absolute Gasteiger partial charge is 0.365 e. The van der Waals surface area contributed by atoms with Crippen LogP contribution in [0.4, 0.5) is 5.82 Å². The van der Waals surface area contributed by atoms with E-state index in [-0.39, 0.29) is 0 Å². The number of anilines is 1. The number of hydrogen-bond donors (Lipinski definition) is 1. The lowest BCUT2D eigenvalue weighted by Gasteiger charge is -2.05. The van der Waals surface area contributed by atoms with E-state index in [1.165, 1.54) is 0 Å². The van der Waals surface area contributed by atoms with Crippen molar-refractivity contribution in [2.75, 3.05) is 11.9 Å². The molecular weight excluding hydrogens is 212 g/mol. The van der Waals surface area contributed by atoms with Gasteiger partial charge in [0.1, 0.15) is 5.52 Å². The van der Waals surface area contributed by atoms with E-state index in [0.717, 1.165) is 29.1 Å². The van der Waals surface area contributed by atoms with Gasteiger partial charge in [-0.05, 0) is 18.9 Å². The molecule has 17 heavy (non-hydrogen) atoms. The first kappa shape index (κ1) is 11.6. The van der Waals surface area contributed by atoms with E-state index in [1.54, 1.807) is 6.20 Å². The van der Waals surface area contributed by atoms with E-state index in [0.29, 0.717) is 5.92 Å². The van der Waals surface area contributed by atoms with Gasteiger partial charge in [-0.25, -0.2) is 9.50 Å². The number of nitrogens with zero attached hydrogens (tertiary/aromatic N) is 3. The number of nitrogens with one attached hydrogen (secondary N) is 1. The zero-order valence-corrected chi connectivity index (χ0v) is 10.6. The summed E-state index contributed by atoms with van der Waals surface area (Å²) in [6, 6.07) is 2.08. The minimum Gasteiger partial charge on any atom is -0.365 e. The quantitative estimate of drug-likeness (QED) is 0.821. The highest BCUT2D eigenvalue weighted by atomic mass is 15.2. The zero-order chi connectivity index (χ0) is 12.4. The van der Waals surface area contributed by atoms with Gasteiger partial charge in [-0.1, -0.05) is 26.0 Å². The second kappa shape index (κ2) is 4.57. The molecule has 2 rings (SSSR count). The van der Waals surface area contributed by atoms with Crippen molar-refractivity contribution < 1.29 is 0 Å². The van der Waals surface area contributed by atoms with E-state index in [9.17, 15) is 0 Å². The Labute approximate surface area is 101 Å². The number of rotatable bonds is 4. The van der Waals surface area contributed by atoms with Crippen LogP contribution in [-0.2, 0) is 0 Å². The van der Waals surface area contributed by atoms with Crippen LogP contribution in [0.15, 0.2) is 30.6 Å². The molecular formula is C13H18N4. The zero-order valence-electron chi connectivity index (χ0n) is 10.6. The Morgan fingerprint density at radius 1 is 1.53 bits per heavy atom. The molecule has 2 aromatic heterocycles. The van der Waals surface area contributed by atoms with Crippen LogP contribution in [0.2, 0.25) is 0 Å². The second-order valence-electron chi connectivity index (χ2n) is 4.64. The summed E-state index contributed by atoms with van der Waals surface area (Å²) in [5.41, 5.74) is 3.17. The molecule has 0 bridgehead atoms. The van der Waals surface area contributed by atoms with Gasteiger partial charge in [-0.3, -0.25) is 0 Å². The Hall–Kier alpha value is -1.84. The first-order valence-corrected chi connectivity index (χ1v) is 5.80. The minimum atomic E-state index is 0.420. The molecule has 2 aromatic rings. The average Bonchev–Trinajstić information content (AvgIpc) is 2.70. The molecule has 0 atom stereocenters. The Kier molecular flexibility index (Phi) is 3.13. The third-order valence-electron chi connectivity index (χ3n) is 2.56. The summed E-state index contributed by atoms with van der Waals surface area (Å²) in [5, 5.41) is 7.78. The molecule has 0 unspecified atom stereocenters. The summed E-state index contributed by atoms with van der Waals surface area (Å²) >= 11 is 0. The number of aromatic nitrogens is 3. The lowest BCUT2D eigenvalue weighted by atomic mass is 10.1. The van der Waals surface area contributed by atoms with Crippen molar-refractivity contribution in [2.45, 2.75) is 26.7 Å². The highest BCUT2D eigenvalue weighted by molar-refractivity contribution is 5.68. The number of fused-ring (bicyclic) bond motifs is 1. The van der Waals surface area contributed by atoms with Gasteiger partial charge in [0.15, 0.2) is 5.82 Å². The maximum Gasteiger partial charge on any atom is 0.152 e. The Bertz CT molecular complexity index is 539. The maximum atomic E-state index is 4.51. The molecule has 0 spiro atoms. The molecule has 4 nitrogen and oxygen atoms in total. The summed E-state index contributed by atoms with van der Waals surface area (Å²) < 4.78 is 1.86. The normalized spacial score (nSPS) is 11.1. The first-order valence-electron chi connectivity index (χ1n) is 5.80. The van der Waals surface area contributed by atoms with Crippen molar-refractivity contribution in [1.82, 2.24) is 14.6 Å². The lowest BCUT2D eigenvalue weighted by molar-refractivity contribution is 0.787. The van der Waals surface area contributed by atoms with Crippen LogP contribution in [0.25, 0.3) is 5.52 Å².